The van der Waals surface area contributed by atoms with Crippen LogP contribution in [-0.2, 0) is 17.4 Å². The fourth-order valence-corrected chi connectivity index (χ4v) is 4.13. The van der Waals surface area contributed by atoms with Crippen molar-refractivity contribution in [1.29, 1.82) is 0 Å². The first-order chi connectivity index (χ1) is 13.2. The second-order valence-electron chi connectivity index (χ2n) is 6.02. The van der Waals surface area contributed by atoms with Gasteiger partial charge in [0, 0.05) is 22.9 Å². The standard InChI is InChI=1S/C18H23Cl2N2O5P/c1-5-11-10(3)15(23)17(26-4)12(6-2)16(11)27-28(24,25)9-22-18-14(20)13(19)7-8-21-18/h7-8,23H,5-6,9H2,1-4H3,(H,21,22)(H,24,25). The van der Waals surface area contributed by atoms with Crippen molar-refractivity contribution < 1.29 is 23.8 Å². The Kier molecular flexibility index (Phi) is 7.46. The average Bonchev–Trinajstić information content (AvgIpc) is 2.65. The molecule has 2 rings (SSSR count). The predicted molar refractivity (Wildman–Crippen MR) is 111 cm³/mol. The van der Waals surface area contributed by atoms with Crippen molar-refractivity contribution in [2.75, 3.05) is 18.7 Å². The van der Waals surface area contributed by atoms with Crippen LogP contribution in [0.2, 0.25) is 10.0 Å². The van der Waals surface area contributed by atoms with E-state index >= 15 is 0 Å². The number of rotatable bonds is 8. The number of hydrogen-bond acceptors (Lipinski definition) is 6. The van der Waals surface area contributed by atoms with Crippen LogP contribution in [-0.4, -0.2) is 28.4 Å². The Balaban J connectivity index is 2.38. The molecule has 1 heterocycles. The Hall–Kier alpha value is -1.66. The number of aromatic hydroxyl groups is 1. The van der Waals surface area contributed by atoms with E-state index in [0.29, 0.717) is 29.5 Å². The predicted octanol–water partition coefficient (Wildman–Crippen LogP) is 5.17. The Morgan fingerprint density at radius 1 is 1.21 bits per heavy atom. The molecule has 0 aliphatic rings. The van der Waals surface area contributed by atoms with Gasteiger partial charge in [0.1, 0.15) is 22.9 Å². The summed E-state index contributed by atoms with van der Waals surface area (Å²) in [6.07, 6.45) is 1.93. The number of phenols is 1. The van der Waals surface area contributed by atoms with Crippen LogP contribution in [0.3, 0.4) is 0 Å². The number of phenolic OH excluding ortho intramolecular Hbond substituents is 1. The summed E-state index contributed by atoms with van der Waals surface area (Å²) in [5.74, 6) is 0.664. The Labute approximate surface area is 174 Å². The molecule has 3 N–H and O–H groups in total. The molecule has 0 radical (unpaired) electrons. The van der Waals surface area contributed by atoms with Crippen LogP contribution in [0.15, 0.2) is 12.3 Å². The molecule has 1 aromatic heterocycles. The minimum absolute atomic E-state index is 0.00403. The average molecular weight is 449 g/mol. The monoisotopic (exact) mass is 448 g/mol. The van der Waals surface area contributed by atoms with Gasteiger partial charge in [0.15, 0.2) is 11.5 Å². The van der Waals surface area contributed by atoms with E-state index in [1.807, 2.05) is 13.8 Å². The maximum atomic E-state index is 12.7. The van der Waals surface area contributed by atoms with Gasteiger partial charge in [-0.15, -0.1) is 0 Å². The van der Waals surface area contributed by atoms with Crippen molar-refractivity contribution in [2.45, 2.75) is 33.6 Å². The third-order valence-corrected chi connectivity index (χ3v) is 6.10. The second-order valence-corrected chi connectivity index (χ2v) is 8.58. The summed E-state index contributed by atoms with van der Waals surface area (Å²) in [5.41, 5.74) is 1.71. The van der Waals surface area contributed by atoms with Gasteiger partial charge in [0.05, 0.1) is 12.1 Å². The second kappa shape index (κ2) is 9.23. The van der Waals surface area contributed by atoms with E-state index in [-0.39, 0.29) is 33.1 Å². The SMILES string of the molecule is CCc1c(C)c(O)c(OC)c(CC)c1OP(=O)(O)CNc1nccc(Cl)c1Cl. The summed E-state index contributed by atoms with van der Waals surface area (Å²) in [5, 5.41) is 13.5. The molecular weight excluding hydrogens is 426 g/mol. The maximum absolute atomic E-state index is 12.7. The fraction of sp³-hybridized carbons (Fsp3) is 0.389. The molecule has 10 heteroatoms. The first kappa shape index (κ1) is 22.6. The Morgan fingerprint density at radius 2 is 1.86 bits per heavy atom. The first-order valence-corrected chi connectivity index (χ1v) is 11.1. The Bertz CT molecular complexity index is 924. The van der Waals surface area contributed by atoms with Crippen LogP contribution >= 0.6 is 30.8 Å². The number of nitrogens with one attached hydrogen (secondary N) is 1. The van der Waals surface area contributed by atoms with Crippen molar-refractivity contribution in [3.63, 3.8) is 0 Å². The van der Waals surface area contributed by atoms with E-state index < -0.39 is 13.9 Å². The number of nitrogens with zero attached hydrogens (tertiary/aromatic N) is 1. The maximum Gasteiger partial charge on any atom is 0.395 e. The minimum Gasteiger partial charge on any atom is -0.504 e. The van der Waals surface area contributed by atoms with Crippen molar-refractivity contribution in [3.05, 3.63) is 39.0 Å². The van der Waals surface area contributed by atoms with Crippen LogP contribution in [0.5, 0.6) is 17.2 Å². The number of halogens is 2. The molecule has 0 saturated carbocycles. The van der Waals surface area contributed by atoms with Crippen molar-refractivity contribution >= 4 is 36.6 Å². The molecule has 28 heavy (non-hydrogen) atoms. The van der Waals surface area contributed by atoms with Gasteiger partial charge in [-0.05, 0) is 25.8 Å². The lowest BCUT2D eigenvalue weighted by atomic mass is 9.97. The fourth-order valence-electron chi connectivity index (χ4n) is 2.88. The van der Waals surface area contributed by atoms with E-state index in [1.165, 1.54) is 19.4 Å². The molecule has 0 spiro atoms. The molecule has 0 amide bonds. The molecule has 0 saturated heterocycles. The van der Waals surface area contributed by atoms with Gasteiger partial charge in [0.25, 0.3) is 0 Å². The summed E-state index contributed by atoms with van der Waals surface area (Å²) in [7, 11) is -2.72. The normalized spacial score (nSPS) is 13.1. The van der Waals surface area contributed by atoms with Gasteiger partial charge in [-0.25, -0.2) is 9.55 Å². The van der Waals surface area contributed by atoms with E-state index in [4.69, 9.17) is 32.5 Å². The van der Waals surface area contributed by atoms with Crippen molar-refractivity contribution in [3.8, 4) is 17.2 Å². The molecule has 1 unspecified atom stereocenters. The van der Waals surface area contributed by atoms with Gasteiger partial charge in [-0.2, -0.15) is 0 Å². The summed E-state index contributed by atoms with van der Waals surface area (Å²) in [4.78, 5) is 14.4. The molecule has 0 aliphatic carbocycles. The van der Waals surface area contributed by atoms with E-state index in [0.717, 1.165) is 0 Å². The number of aromatic nitrogens is 1. The summed E-state index contributed by atoms with van der Waals surface area (Å²) >= 11 is 12.0. The molecule has 0 fully saturated rings. The van der Waals surface area contributed by atoms with Crippen LogP contribution in [0.25, 0.3) is 0 Å². The Morgan fingerprint density at radius 3 is 2.43 bits per heavy atom. The van der Waals surface area contributed by atoms with Crippen LogP contribution in [0.1, 0.15) is 30.5 Å². The van der Waals surface area contributed by atoms with E-state index in [1.54, 1.807) is 6.92 Å². The number of anilines is 1. The number of methoxy groups -OCH3 is 1. The highest BCUT2D eigenvalue weighted by atomic mass is 35.5. The molecule has 0 aliphatic heterocycles. The van der Waals surface area contributed by atoms with Gasteiger partial charge >= 0.3 is 7.60 Å². The number of hydrogen-bond donors (Lipinski definition) is 3. The van der Waals surface area contributed by atoms with Gasteiger partial charge in [0.2, 0.25) is 0 Å². The highest BCUT2D eigenvalue weighted by molar-refractivity contribution is 7.53. The van der Waals surface area contributed by atoms with Gasteiger partial charge in [-0.3, -0.25) is 0 Å². The smallest absolute Gasteiger partial charge is 0.395 e. The molecule has 0 bridgehead atoms. The van der Waals surface area contributed by atoms with Crippen molar-refractivity contribution in [1.82, 2.24) is 4.98 Å². The van der Waals surface area contributed by atoms with Gasteiger partial charge < -0.3 is 24.6 Å². The van der Waals surface area contributed by atoms with Gasteiger partial charge in [-0.1, -0.05) is 37.0 Å². The molecule has 154 valence electrons. The van der Waals surface area contributed by atoms with Crippen LogP contribution in [0.4, 0.5) is 5.82 Å². The molecule has 2 aromatic rings. The topological polar surface area (TPSA) is 101 Å². The minimum atomic E-state index is -4.15. The number of benzene rings is 1. The lowest BCUT2D eigenvalue weighted by molar-refractivity contribution is 0.355. The summed E-state index contributed by atoms with van der Waals surface area (Å²) in [6, 6.07) is 1.51. The highest BCUT2D eigenvalue weighted by Crippen LogP contribution is 2.50. The lowest BCUT2D eigenvalue weighted by Crippen LogP contribution is -2.11. The third kappa shape index (κ3) is 4.66. The molecule has 1 atom stereocenters. The van der Waals surface area contributed by atoms with E-state index in [2.05, 4.69) is 10.3 Å². The molecular formula is C18H23Cl2N2O5P. The van der Waals surface area contributed by atoms with Crippen LogP contribution < -0.4 is 14.6 Å². The number of pyridine rings is 1. The number of ether oxygens (including phenoxy) is 1. The quantitative estimate of drug-likeness (QED) is 0.478. The zero-order chi connectivity index (χ0) is 21.1. The summed E-state index contributed by atoms with van der Waals surface area (Å²) in [6.45, 7) is 5.42. The zero-order valence-corrected chi connectivity index (χ0v) is 18.5. The third-order valence-electron chi connectivity index (χ3n) is 4.28. The van der Waals surface area contributed by atoms with Crippen LogP contribution in [0, 0.1) is 6.92 Å². The highest BCUT2D eigenvalue weighted by Gasteiger charge is 2.29. The molecule has 1 aromatic carbocycles. The first-order valence-electron chi connectivity index (χ1n) is 8.63. The largest absolute Gasteiger partial charge is 0.504 e. The van der Waals surface area contributed by atoms with E-state index in [9.17, 15) is 14.6 Å². The lowest BCUT2D eigenvalue weighted by Gasteiger charge is -2.23. The van der Waals surface area contributed by atoms with Crippen molar-refractivity contribution in [2.24, 2.45) is 0 Å². The zero-order valence-electron chi connectivity index (χ0n) is 16.0. The molecule has 7 nitrogen and oxygen atoms in total. The summed E-state index contributed by atoms with van der Waals surface area (Å²) < 4.78 is 23.6.